The Morgan fingerprint density at radius 3 is 2.69 bits per heavy atom. The van der Waals surface area contributed by atoms with Gasteiger partial charge < -0.3 is 15.8 Å². The van der Waals surface area contributed by atoms with Crippen molar-refractivity contribution in [1.82, 2.24) is 5.32 Å². The van der Waals surface area contributed by atoms with Gasteiger partial charge in [0.05, 0.1) is 6.04 Å². The van der Waals surface area contributed by atoms with Crippen LogP contribution in [0.2, 0.25) is 0 Å². The first-order valence-corrected chi connectivity index (χ1v) is 9.78. The fraction of sp³-hybridized carbons (Fsp3) is 0.350. The zero-order valence-corrected chi connectivity index (χ0v) is 16.7. The molecular weight excluding hydrogens is 368 g/mol. The van der Waals surface area contributed by atoms with Crippen LogP contribution >= 0.6 is 24.2 Å². The van der Waals surface area contributed by atoms with E-state index in [1.165, 1.54) is 16.0 Å². The summed E-state index contributed by atoms with van der Waals surface area (Å²) in [6.07, 6.45) is 4.49. The molecule has 1 aliphatic carbocycles. The fourth-order valence-electron chi connectivity index (χ4n) is 3.19. The Morgan fingerprint density at radius 2 is 2.00 bits per heavy atom. The third-order valence-corrected chi connectivity index (χ3v) is 5.28. The molecule has 6 heteroatoms. The summed E-state index contributed by atoms with van der Waals surface area (Å²) in [6, 6.07) is 13.8. The first-order chi connectivity index (χ1) is 12.1. The van der Waals surface area contributed by atoms with E-state index in [9.17, 15) is 4.79 Å². The van der Waals surface area contributed by atoms with Gasteiger partial charge in [-0.25, -0.2) is 0 Å². The molecule has 140 valence electrons. The predicted molar refractivity (Wildman–Crippen MR) is 110 cm³/mol. The van der Waals surface area contributed by atoms with Crippen molar-refractivity contribution in [3.05, 3.63) is 53.6 Å². The smallest absolute Gasteiger partial charge is 0.261 e. The maximum atomic E-state index is 12.6. The van der Waals surface area contributed by atoms with Crippen LogP contribution in [0.5, 0.6) is 5.75 Å². The van der Waals surface area contributed by atoms with Gasteiger partial charge >= 0.3 is 0 Å². The number of nitrogens with one attached hydrogen (secondary N) is 1. The minimum Gasteiger partial charge on any atom is -0.481 e. The summed E-state index contributed by atoms with van der Waals surface area (Å²) < 4.78 is 5.78. The number of halogens is 1. The molecule has 0 aliphatic heterocycles. The van der Waals surface area contributed by atoms with E-state index < -0.39 is 6.10 Å². The van der Waals surface area contributed by atoms with E-state index in [4.69, 9.17) is 10.5 Å². The van der Waals surface area contributed by atoms with Crippen LogP contribution in [-0.2, 0) is 11.2 Å². The molecule has 0 aromatic heterocycles. The normalized spacial score (nSPS) is 16.8. The molecule has 4 nitrogen and oxygen atoms in total. The summed E-state index contributed by atoms with van der Waals surface area (Å²) in [7, 11) is 0. The van der Waals surface area contributed by atoms with Crippen molar-refractivity contribution < 1.29 is 9.53 Å². The SMILES string of the molecule is CSc1ccc(OC(C)C(=O)NC2CCCc3cc(N)ccc32)cc1.Cl. The van der Waals surface area contributed by atoms with Gasteiger partial charge in [-0.3, -0.25) is 4.79 Å². The Hall–Kier alpha value is -1.85. The van der Waals surface area contributed by atoms with Gasteiger partial charge in [0.25, 0.3) is 5.91 Å². The maximum absolute atomic E-state index is 12.6. The number of aryl methyl sites for hydroxylation is 1. The molecule has 0 fully saturated rings. The van der Waals surface area contributed by atoms with Crippen LogP contribution in [0.3, 0.4) is 0 Å². The highest BCUT2D eigenvalue weighted by molar-refractivity contribution is 7.98. The van der Waals surface area contributed by atoms with Crippen molar-refractivity contribution in [3.63, 3.8) is 0 Å². The molecular formula is C20H25ClN2O2S. The van der Waals surface area contributed by atoms with Gasteiger partial charge in [-0.2, -0.15) is 0 Å². The quantitative estimate of drug-likeness (QED) is 0.585. The summed E-state index contributed by atoms with van der Waals surface area (Å²) in [5.41, 5.74) is 9.05. The van der Waals surface area contributed by atoms with Crippen LogP contribution in [0, 0.1) is 0 Å². The van der Waals surface area contributed by atoms with E-state index in [1.54, 1.807) is 18.7 Å². The topological polar surface area (TPSA) is 64.3 Å². The van der Waals surface area contributed by atoms with Gasteiger partial charge in [-0.05, 0) is 80.0 Å². The monoisotopic (exact) mass is 392 g/mol. The van der Waals surface area contributed by atoms with Crippen LogP contribution in [-0.4, -0.2) is 18.3 Å². The average Bonchev–Trinajstić information content (AvgIpc) is 2.62. The molecule has 3 rings (SSSR count). The number of benzene rings is 2. The van der Waals surface area contributed by atoms with Crippen molar-refractivity contribution >= 4 is 35.8 Å². The average molecular weight is 393 g/mol. The summed E-state index contributed by atoms with van der Waals surface area (Å²) >= 11 is 1.68. The number of carbonyl (C=O) groups is 1. The van der Waals surface area contributed by atoms with E-state index in [1.807, 2.05) is 48.7 Å². The maximum Gasteiger partial charge on any atom is 0.261 e. The largest absolute Gasteiger partial charge is 0.481 e. The van der Waals surface area contributed by atoms with Gasteiger partial charge in [0.15, 0.2) is 6.10 Å². The number of anilines is 1. The molecule has 2 aromatic carbocycles. The third-order valence-electron chi connectivity index (χ3n) is 4.54. The van der Waals surface area contributed by atoms with E-state index in [0.29, 0.717) is 5.75 Å². The number of fused-ring (bicyclic) bond motifs is 1. The van der Waals surface area contributed by atoms with Gasteiger partial charge in [0.1, 0.15) is 5.75 Å². The van der Waals surface area contributed by atoms with E-state index in [2.05, 4.69) is 5.32 Å². The molecule has 2 unspecified atom stereocenters. The van der Waals surface area contributed by atoms with E-state index in [0.717, 1.165) is 24.9 Å². The number of carbonyl (C=O) groups excluding carboxylic acids is 1. The second-order valence-electron chi connectivity index (χ2n) is 6.35. The summed E-state index contributed by atoms with van der Waals surface area (Å²) in [5.74, 6) is 0.612. The number of nitrogens with two attached hydrogens (primary N) is 1. The predicted octanol–water partition coefficient (Wildman–Crippen LogP) is 4.37. The Labute approximate surface area is 165 Å². The number of hydrogen-bond acceptors (Lipinski definition) is 4. The molecule has 0 saturated heterocycles. The number of ether oxygens (including phenoxy) is 1. The Kier molecular flexibility index (Phi) is 7.23. The number of thioether (sulfide) groups is 1. The zero-order valence-electron chi connectivity index (χ0n) is 15.0. The lowest BCUT2D eigenvalue weighted by molar-refractivity contribution is -0.128. The third kappa shape index (κ3) is 4.86. The molecule has 3 N–H and O–H groups in total. The lowest BCUT2D eigenvalue weighted by Gasteiger charge is -2.28. The van der Waals surface area contributed by atoms with Gasteiger partial charge in [-0.1, -0.05) is 6.07 Å². The van der Waals surface area contributed by atoms with Gasteiger partial charge in [-0.15, -0.1) is 24.2 Å². The van der Waals surface area contributed by atoms with Crippen molar-refractivity contribution in [1.29, 1.82) is 0 Å². The van der Waals surface area contributed by atoms with Crippen molar-refractivity contribution in [2.75, 3.05) is 12.0 Å². The number of amides is 1. The lowest BCUT2D eigenvalue weighted by atomic mass is 9.87. The molecule has 0 saturated carbocycles. The van der Waals surface area contributed by atoms with Crippen molar-refractivity contribution in [2.24, 2.45) is 0 Å². The molecule has 0 radical (unpaired) electrons. The first kappa shape index (κ1) is 20.5. The minimum atomic E-state index is -0.542. The second-order valence-corrected chi connectivity index (χ2v) is 7.23. The zero-order chi connectivity index (χ0) is 17.8. The number of rotatable bonds is 5. The highest BCUT2D eigenvalue weighted by Crippen LogP contribution is 2.31. The highest BCUT2D eigenvalue weighted by atomic mass is 35.5. The highest BCUT2D eigenvalue weighted by Gasteiger charge is 2.24. The summed E-state index contributed by atoms with van der Waals surface area (Å²) in [4.78, 5) is 13.7. The summed E-state index contributed by atoms with van der Waals surface area (Å²) in [5, 5.41) is 3.13. The van der Waals surface area contributed by atoms with Crippen LogP contribution in [0.15, 0.2) is 47.4 Å². The summed E-state index contributed by atoms with van der Waals surface area (Å²) in [6.45, 7) is 1.78. The molecule has 26 heavy (non-hydrogen) atoms. The van der Waals surface area contributed by atoms with Crippen LogP contribution < -0.4 is 15.8 Å². The van der Waals surface area contributed by atoms with Crippen molar-refractivity contribution in [3.8, 4) is 5.75 Å². The van der Waals surface area contributed by atoms with Crippen LogP contribution in [0.1, 0.15) is 36.9 Å². The molecule has 2 atom stereocenters. The first-order valence-electron chi connectivity index (χ1n) is 8.56. The number of nitrogen functional groups attached to an aromatic ring is 1. The molecule has 0 heterocycles. The molecule has 2 aromatic rings. The molecule has 1 aliphatic rings. The number of hydrogen-bond donors (Lipinski definition) is 2. The molecule has 0 bridgehead atoms. The molecule has 1 amide bonds. The fourth-order valence-corrected chi connectivity index (χ4v) is 3.59. The van der Waals surface area contributed by atoms with Gasteiger partial charge in [0, 0.05) is 10.6 Å². The Balaban J connectivity index is 0.00000243. The van der Waals surface area contributed by atoms with Crippen molar-refractivity contribution in [2.45, 2.75) is 43.2 Å². The van der Waals surface area contributed by atoms with E-state index in [-0.39, 0.29) is 24.4 Å². The second kappa shape index (κ2) is 9.19. The standard InChI is InChI=1S/C20H24N2O2S.ClH/c1-13(24-16-7-9-17(25-2)10-8-16)20(23)22-19-5-3-4-14-12-15(21)6-11-18(14)19;/h6-13,19H,3-5,21H2,1-2H3,(H,22,23);1H. The molecule has 0 spiro atoms. The van der Waals surface area contributed by atoms with Crippen LogP contribution in [0.4, 0.5) is 5.69 Å². The lowest BCUT2D eigenvalue weighted by Crippen LogP contribution is -2.39. The Bertz CT molecular complexity index is 752. The van der Waals surface area contributed by atoms with Gasteiger partial charge in [0.2, 0.25) is 0 Å². The van der Waals surface area contributed by atoms with Crippen LogP contribution in [0.25, 0.3) is 0 Å². The minimum absolute atomic E-state index is 0. The Morgan fingerprint density at radius 1 is 1.27 bits per heavy atom. The van der Waals surface area contributed by atoms with E-state index >= 15 is 0 Å².